The molecule has 1 rings (SSSR count). The molecule has 0 aromatic heterocycles. The van der Waals surface area contributed by atoms with Gasteiger partial charge in [-0.1, -0.05) is 26.2 Å². The second-order valence-corrected chi connectivity index (χ2v) is 12.3. The highest BCUT2D eigenvalue weighted by Crippen LogP contribution is 2.66. The van der Waals surface area contributed by atoms with Crippen LogP contribution in [0.1, 0.15) is 59.8 Å². The summed E-state index contributed by atoms with van der Waals surface area (Å²) in [6.45, 7) is 6.58. The summed E-state index contributed by atoms with van der Waals surface area (Å²) in [7, 11) is -16.4. The Morgan fingerprint density at radius 3 is 2.23 bits per heavy atom. The van der Waals surface area contributed by atoms with E-state index in [0.29, 0.717) is 12.8 Å². The standard InChI is InChI=1S/C15H31O13P3/c1-5-6-7-8-15(3,4)14(16)26-12-9-11(2)25-13(12)10-24-30(20,21)28-31(22,23)27-29(17,18)19/h11-13H,5-10H2,1-4H3,(H,20,21)(H,22,23)(H2,17,18,19)/t11-,12?,13+/m0/s1. The monoisotopic (exact) mass is 512 g/mol. The van der Waals surface area contributed by atoms with Crippen molar-refractivity contribution in [1.82, 2.24) is 0 Å². The molecule has 5 atom stereocenters. The zero-order valence-corrected chi connectivity index (χ0v) is 20.5. The molecule has 184 valence electrons. The van der Waals surface area contributed by atoms with Crippen LogP contribution in [0, 0.1) is 5.41 Å². The fourth-order valence-corrected chi connectivity index (χ4v) is 5.91. The molecule has 13 nitrogen and oxygen atoms in total. The second-order valence-electron chi connectivity index (χ2n) is 7.89. The van der Waals surface area contributed by atoms with Crippen molar-refractivity contribution in [2.75, 3.05) is 6.61 Å². The lowest BCUT2D eigenvalue weighted by atomic mass is 9.87. The van der Waals surface area contributed by atoms with Crippen LogP contribution in [-0.2, 0) is 41.1 Å². The number of carbonyl (C=O) groups is 1. The highest BCUT2D eigenvalue weighted by atomic mass is 31.3. The lowest BCUT2D eigenvalue weighted by Crippen LogP contribution is -2.36. The average Bonchev–Trinajstić information content (AvgIpc) is 2.89. The minimum atomic E-state index is -5.61. The Balaban J connectivity index is 2.70. The Kier molecular flexibility index (Phi) is 10.5. The summed E-state index contributed by atoms with van der Waals surface area (Å²) >= 11 is 0. The Hall–Kier alpha value is -0.160. The van der Waals surface area contributed by atoms with Crippen molar-refractivity contribution >= 4 is 29.4 Å². The van der Waals surface area contributed by atoms with Gasteiger partial charge in [-0.2, -0.15) is 8.62 Å². The van der Waals surface area contributed by atoms with E-state index < -0.39 is 53.7 Å². The van der Waals surface area contributed by atoms with Crippen LogP contribution in [0.2, 0.25) is 0 Å². The van der Waals surface area contributed by atoms with E-state index in [2.05, 4.69) is 13.1 Å². The van der Waals surface area contributed by atoms with Crippen molar-refractivity contribution in [3.05, 3.63) is 0 Å². The number of rotatable bonds is 13. The minimum Gasteiger partial charge on any atom is -0.459 e. The quantitative estimate of drug-likeness (QED) is 0.160. The highest BCUT2D eigenvalue weighted by Gasteiger charge is 2.44. The number of hydrogen-bond donors (Lipinski definition) is 4. The molecule has 0 aliphatic carbocycles. The number of phosphoric acid groups is 3. The van der Waals surface area contributed by atoms with Crippen LogP contribution < -0.4 is 0 Å². The van der Waals surface area contributed by atoms with Crippen molar-refractivity contribution in [2.24, 2.45) is 5.41 Å². The maximum absolute atomic E-state index is 12.6. The molecule has 3 unspecified atom stereocenters. The lowest BCUT2D eigenvalue weighted by Gasteiger charge is -2.27. The molecular weight excluding hydrogens is 481 g/mol. The Morgan fingerprint density at radius 1 is 1.06 bits per heavy atom. The fourth-order valence-electron chi connectivity index (χ4n) is 2.88. The van der Waals surface area contributed by atoms with Gasteiger partial charge < -0.3 is 29.0 Å². The van der Waals surface area contributed by atoms with Crippen LogP contribution in [0.25, 0.3) is 0 Å². The SMILES string of the molecule is CCCCCC(C)(C)C(=O)OC1C[C@H](C)O[C@@H]1COP(=O)(O)OP(=O)(O)OP(=O)(O)O. The molecule has 31 heavy (non-hydrogen) atoms. The van der Waals surface area contributed by atoms with Gasteiger partial charge in [0.2, 0.25) is 0 Å². The van der Waals surface area contributed by atoms with Crippen LogP contribution in [0.5, 0.6) is 0 Å². The zero-order valence-electron chi connectivity index (χ0n) is 17.8. The van der Waals surface area contributed by atoms with Crippen molar-refractivity contribution in [3.8, 4) is 0 Å². The third-order valence-electron chi connectivity index (χ3n) is 4.42. The van der Waals surface area contributed by atoms with Crippen LogP contribution in [0.3, 0.4) is 0 Å². The summed E-state index contributed by atoms with van der Waals surface area (Å²) in [5.74, 6) is -0.463. The number of phosphoric ester groups is 1. The summed E-state index contributed by atoms with van der Waals surface area (Å²) in [6, 6.07) is 0. The molecule has 0 aromatic carbocycles. The molecule has 0 amide bonds. The predicted octanol–water partition coefficient (Wildman–Crippen LogP) is 3.03. The van der Waals surface area contributed by atoms with Crippen LogP contribution in [-0.4, -0.2) is 50.5 Å². The van der Waals surface area contributed by atoms with E-state index in [0.717, 1.165) is 19.3 Å². The van der Waals surface area contributed by atoms with E-state index in [4.69, 9.17) is 19.3 Å². The lowest BCUT2D eigenvalue weighted by molar-refractivity contribution is -0.163. The summed E-state index contributed by atoms with van der Waals surface area (Å²) in [5, 5.41) is 0. The topological polar surface area (TPSA) is 195 Å². The van der Waals surface area contributed by atoms with E-state index in [1.165, 1.54) is 0 Å². The first-order valence-corrected chi connectivity index (χ1v) is 14.1. The molecule has 1 heterocycles. The zero-order chi connectivity index (χ0) is 24.1. The first-order chi connectivity index (χ1) is 14.0. The molecule has 1 fully saturated rings. The summed E-state index contributed by atoms with van der Waals surface area (Å²) < 4.78 is 56.8. The summed E-state index contributed by atoms with van der Waals surface area (Å²) in [5.41, 5.74) is -0.745. The van der Waals surface area contributed by atoms with Gasteiger partial charge in [0.1, 0.15) is 12.2 Å². The first-order valence-electron chi connectivity index (χ1n) is 9.61. The van der Waals surface area contributed by atoms with Crippen molar-refractivity contribution in [2.45, 2.75) is 78.1 Å². The Labute approximate surface area is 180 Å². The van der Waals surface area contributed by atoms with Gasteiger partial charge in [0.25, 0.3) is 0 Å². The van der Waals surface area contributed by atoms with Gasteiger partial charge in [0.05, 0.1) is 18.1 Å². The molecule has 0 radical (unpaired) electrons. The van der Waals surface area contributed by atoms with E-state index >= 15 is 0 Å². The number of unbranched alkanes of at least 4 members (excludes halogenated alkanes) is 2. The van der Waals surface area contributed by atoms with Crippen molar-refractivity contribution < 1.29 is 60.7 Å². The molecule has 4 N–H and O–H groups in total. The van der Waals surface area contributed by atoms with Gasteiger partial charge in [-0.25, -0.2) is 13.7 Å². The number of ether oxygens (including phenoxy) is 2. The second kappa shape index (κ2) is 11.3. The van der Waals surface area contributed by atoms with Crippen LogP contribution in [0.15, 0.2) is 0 Å². The number of hydrogen-bond acceptors (Lipinski definition) is 9. The predicted molar refractivity (Wildman–Crippen MR) is 107 cm³/mol. The molecule has 1 aliphatic rings. The van der Waals surface area contributed by atoms with Crippen LogP contribution in [0.4, 0.5) is 0 Å². The third-order valence-corrected chi connectivity index (χ3v) is 8.22. The molecule has 0 saturated carbocycles. The van der Waals surface area contributed by atoms with Crippen LogP contribution >= 0.6 is 23.5 Å². The Morgan fingerprint density at radius 2 is 1.68 bits per heavy atom. The Bertz CT molecular complexity index is 748. The first kappa shape index (κ1) is 28.9. The minimum absolute atomic E-state index is 0.293. The summed E-state index contributed by atoms with van der Waals surface area (Å²) in [4.78, 5) is 48.4. The maximum atomic E-state index is 12.6. The largest absolute Gasteiger partial charge is 0.490 e. The maximum Gasteiger partial charge on any atom is 0.490 e. The third kappa shape index (κ3) is 11.0. The van der Waals surface area contributed by atoms with Gasteiger partial charge in [-0.15, -0.1) is 0 Å². The molecule has 16 heteroatoms. The van der Waals surface area contributed by atoms with Gasteiger partial charge in [0, 0.05) is 6.42 Å². The molecular formula is C15H31O13P3. The van der Waals surface area contributed by atoms with Crippen molar-refractivity contribution in [1.29, 1.82) is 0 Å². The normalized spacial score (nSPS) is 26.3. The van der Waals surface area contributed by atoms with Crippen molar-refractivity contribution in [3.63, 3.8) is 0 Å². The molecule has 0 bridgehead atoms. The van der Waals surface area contributed by atoms with E-state index in [1.807, 2.05) is 6.92 Å². The summed E-state index contributed by atoms with van der Waals surface area (Å²) in [6.07, 6.45) is 1.60. The van der Waals surface area contributed by atoms with E-state index in [1.54, 1.807) is 20.8 Å². The fraction of sp³-hybridized carbons (Fsp3) is 0.933. The van der Waals surface area contributed by atoms with E-state index in [-0.39, 0.29) is 6.10 Å². The highest BCUT2D eigenvalue weighted by molar-refractivity contribution is 7.66. The number of esters is 1. The molecule has 1 aliphatic heterocycles. The van der Waals surface area contributed by atoms with Gasteiger partial charge in [-0.3, -0.25) is 9.32 Å². The van der Waals surface area contributed by atoms with Gasteiger partial charge >= 0.3 is 29.4 Å². The van der Waals surface area contributed by atoms with Gasteiger partial charge in [0.15, 0.2) is 0 Å². The van der Waals surface area contributed by atoms with E-state index in [9.17, 15) is 28.3 Å². The smallest absolute Gasteiger partial charge is 0.459 e. The molecule has 1 saturated heterocycles. The number of carbonyl (C=O) groups excluding carboxylic acids is 1. The van der Waals surface area contributed by atoms with Gasteiger partial charge in [-0.05, 0) is 27.2 Å². The molecule has 0 spiro atoms. The molecule has 0 aromatic rings. The average molecular weight is 512 g/mol.